The highest BCUT2D eigenvalue weighted by Crippen LogP contribution is 2.26. The van der Waals surface area contributed by atoms with E-state index in [1.807, 2.05) is 13.8 Å². The van der Waals surface area contributed by atoms with Crippen molar-refractivity contribution < 1.29 is 9.04 Å². The molecule has 0 heterocycles. The van der Waals surface area contributed by atoms with Crippen molar-refractivity contribution in [3.63, 3.8) is 0 Å². The SMILES string of the molecule is CC[N+]([O-])(CC)C1=CC(F)CCCCC1. The van der Waals surface area contributed by atoms with Crippen LogP contribution in [0.5, 0.6) is 0 Å². The standard InChI is InChI=1S/C12H22FNO/c1-3-14(15,4-2)12-9-7-5-6-8-11(13)10-12/h10-11H,3-9H2,1-2H3. The number of hydrogen-bond donors (Lipinski definition) is 0. The minimum atomic E-state index is -0.912. The lowest BCUT2D eigenvalue weighted by Crippen LogP contribution is -2.41. The Morgan fingerprint density at radius 2 is 2.00 bits per heavy atom. The molecule has 0 radical (unpaired) electrons. The van der Waals surface area contributed by atoms with E-state index in [9.17, 15) is 9.60 Å². The van der Waals surface area contributed by atoms with Gasteiger partial charge in [0, 0.05) is 12.5 Å². The van der Waals surface area contributed by atoms with Gasteiger partial charge in [-0.1, -0.05) is 12.8 Å². The number of hydroxylamine groups is 3. The quantitative estimate of drug-likeness (QED) is 0.521. The first-order valence-corrected chi connectivity index (χ1v) is 6.05. The van der Waals surface area contributed by atoms with E-state index in [-0.39, 0.29) is 4.65 Å². The van der Waals surface area contributed by atoms with Crippen molar-refractivity contribution in [3.8, 4) is 0 Å². The van der Waals surface area contributed by atoms with Gasteiger partial charge in [-0.05, 0) is 26.7 Å². The Balaban J connectivity index is 2.82. The average molecular weight is 215 g/mol. The van der Waals surface area contributed by atoms with Crippen molar-refractivity contribution in [2.24, 2.45) is 0 Å². The summed E-state index contributed by atoms with van der Waals surface area (Å²) < 4.78 is 13.1. The minimum absolute atomic E-state index is 0.333. The molecule has 1 aliphatic rings. The molecule has 0 aromatic heterocycles. The van der Waals surface area contributed by atoms with E-state index in [1.54, 1.807) is 6.08 Å². The first kappa shape index (κ1) is 12.7. The summed E-state index contributed by atoms with van der Waals surface area (Å²) in [6.45, 7) is 4.77. The summed E-state index contributed by atoms with van der Waals surface area (Å²) in [5, 5.41) is 12.3. The molecule has 1 rings (SSSR count). The third-order valence-electron chi connectivity index (χ3n) is 3.33. The van der Waals surface area contributed by atoms with Gasteiger partial charge in [0.2, 0.25) is 0 Å². The fraction of sp³-hybridized carbons (Fsp3) is 0.833. The Labute approximate surface area is 91.9 Å². The zero-order chi connectivity index (χ0) is 11.3. The first-order chi connectivity index (χ1) is 7.12. The van der Waals surface area contributed by atoms with E-state index in [0.717, 1.165) is 31.4 Å². The smallest absolute Gasteiger partial charge is 0.124 e. The molecule has 88 valence electrons. The zero-order valence-electron chi connectivity index (χ0n) is 9.84. The van der Waals surface area contributed by atoms with E-state index in [1.165, 1.54) is 0 Å². The molecular weight excluding hydrogens is 193 g/mol. The van der Waals surface area contributed by atoms with Crippen LogP contribution in [-0.4, -0.2) is 23.9 Å². The lowest BCUT2D eigenvalue weighted by atomic mass is 10.0. The van der Waals surface area contributed by atoms with Gasteiger partial charge in [-0.2, -0.15) is 0 Å². The molecule has 0 saturated heterocycles. The Bertz CT molecular complexity index is 224. The van der Waals surface area contributed by atoms with Gasteiger partial charge < -0.3 is 9.85 Å². The van der Waals surface area contributed by atoms with Gasteiger partial charge in [-0.3, -0.25) is 0 Å². The largest absolute Gasteiger partial charge is 0.628 e. The normalized spacial score (nSPS) is 24.3. The third-order valence-corrected chi connectivity index (χ3v) is 3.33. The van der Waals surface area contributed by atoms with Crippen molar-refractivity contribution >= 4 is 0 Å². The molecule has 0 N–H and O–H groups in total. The summed E-state index contributed by atoms with van der Waals surface area (Å²) in [6, 6.07) is 0. The number of alkyl halides is 1. The molecule has 2 nitrogen and oxygen atoms in total. The highest BCUT2D eigenvalue weighted by Gasteiger charge is 2.22. The highest BCUT2D eigenvalue weighted by molar-refractivity contribution is 5.00. The van der Waals surface area contributed by atoms with Gasteiger partial charge in [-0.25, -0.2) is 4.39 Å². The van der Waals surface area contributed by atoms with Crippen LogP contribution < -0.4 is 0 Å². The summed E-state index contributed by atoms with van der Waals surface area (Å²) in [5.74, 6) is 0. The molecule has 0 aliphatic heterocycles. The molecule has 0 bridgehead atoms. The molecule has 0 fully saturated rings. The molecule has 0 aromatic rings. The number of hydrogen-bond acceptors (Lipinski definition) is 1. The Morgan fingerprint density at radius 1 is 1.33 bits per heavy atom. The monoisotopic (exact) mass is 215 g/mol. The highest BCUT2D eigenvalue weighted by atomic mass is 19.1. The second kappa shape index (κ2) is 5.61. The minimum Gasteiger partial charge on any atom is -0.628 e. The van der Waals surface area contributed by atoms with Crippen LogP contribution in [0.15, 0.2) is 11.8 Å². The third kappa shape index (κ3) is 3.28. The number of nitrogens with zero attached hydrogens (tertiary/aromatic N) is 1. The van der Waals surface area contributed by atoms with E-state index in [2.05, 4.69) is 0 Å². The van der Waals surface area contributed by atoms with Crippen LogP contribution >= 0.6 is 0 Å². The number of halogens is 1. The molecule has 15 heavy (non-hydrogen) atoms. The maximum atomic E-state index is 13.5. The lowest BCUT2D eigenvalue weighted by Gasteiger charge is -2.43. The van der Waals surface area contributed by atoms with Crippen molar-refractivity contribution in [2.75, 3.05) is 13.1 Å². The molecule has 0 spiro atoms. The number of quaternary nitrogens is 1. The van der Waals surface area contributed by atoms with E-state index in [0.29, 0.717) is 19.5 Å². The van der Waals surface area contributed by atoms with Gasteiger partial charge in [0.15, 0.2) is 0 Å². The van der Waals surface area contributed by atoms with Crippen molar-refractivity contribution in [1.82, 2.24) is 0 Å². The maximum Gasteiger partial charge on any atom is 0.124 e. The summed E-state index contributed by atoms with van der Waals surface area (Å²) in [4.78, 5) is 0. The summed E-state index contributed by atoms with van der Waals surface area (Å²) >= 11 is 0. The molecule has 1 aliphatic carbocycles. The van der Waals surface area contributed by atoms with Gasteiger partial charge >= 0.3 is 0 Å². The van der Waals surface area contributed by atoms with E-state index < -0.39 is 6.17 Å². The summed E-state index contributed by atoms with van der Waals surface area (Å²) in [5.41, 5.74) is 0.757. The Hall–Kier alpha value is -0.410. The van der Waals surface area contributed by atoms with Gasteiger partial charge in [0.25, 0.3) is 0 Å². The molecule has 1 unspecified atom stereocenters. The van der Waals surface area contributed by atoms with E-state index >= 15 is 0 Å². The van der Waals surface area contributed by atoms with Crippen LogP contribution in [0.4, 0.5) is 4.39 Å². The maximum absolute atomic E-state index is 13.5. The zero-order valence-corrected chi connectivity index (χ0v) is 9.84. The molecular formula is C12H22FNO. The van der Waals surface area contributed by atoms with Crippen LogP contribution in [0.3, 0.4) is 0 Å². The second-order valence-corrected chi connectivity index (χ2v) is 4.30. The van der Waals surface area contributed by atoms with Crippen molar-refractivity contribution in [3.05, 3.63) is 17.0 Å². The lowest BCUT2D eigenvalue weighted by molar-refractivity contribution is -0.840. The predicted octanol–water partition coefficient (Wildman–Crippen LogP) is 3.53. The van der Waals surface area contributed by atoms with Crippen LogP contribution in [0.2, 0.25) is 0 Å². The molecule has 1 atom stereocenters. The first-order valence-electron chi connectivity index (χ1n) is 6.05. The van der Waals surface area contributed by atoms with E-state index in [4.69, 9.17) is 0 Å². The van der Waals surface area contributed by atoms with Gasteiger partial charge in [-0.15, -0.1) is 0 Å². The molecule has 3 heteroatoms. The van der Waals surface area contributed by atoms with Crippen LogP contribution in [0.25, 0.3) is 0 Å². The fourth-order valence-corrected chi connectivity index (χ4v) is 2.17. The topological polar surface area (TPSA) is 23.1 Å². The summed E-state index contributed by atoms with van der Waals surface area (Å²) in [6.07, 6.45) is 5.04. The van der Waals surface area contributed by atoms with Crippen LogP contribution in [0, 0.1) is 5.21 Å². The molecule has 0 saturated carbocycles. The summed E-state index contributed by atoms with van der Waals surface area (Å²) in [7, 11) is 0. The van der Waals surface area contributed by atoms with Gasteiger partial charge in [0.1, 0.15) is 11.9 Å². The van der Waals surface area contributed by atoms with Crippen molar-refractivity contribution in [2.45, 2.75) is 52.1 Å². The fourth-order valence-electron chi connectivity index (χ4n) is 2.17. The Morgan fingerprint density at radius 3 is 2.60 bits per heavy atom. The number of allylic oxidation sites excluding steroid dienone is 2. The molecule has 0 amide bonds. The van der Waals surface area contributed by atoms with Crippen LogP contribution in [-0.2, 0) is 0 Å². The Kier molecular flexibility index (Phi) is 4.74. The average Bonchev–Trinajstić information content (AvgIpc) is 2.22. The second-order valence-electron chi connectivity index (χ2n) is 4.30. The number of rotatable bonds is 3. The van der Waals surface area contributed by atoms with Gasteiger partial charge in [0.05, 0.1) is 13.1 Å². The molecule has 0 aromatic carbocycles. The van der Waals surface area contributed by atoms with Crippen molar-refractivity contribution in [1.29, 1.82) is 0 Å². The van der Waals surface area contributed by atoms with Crippen LogP contribution in [0.1, 0.15) is 46.0 Å². The predicted molar refractivity (Wildman–Crippen MR) is 60.8 cm³/mol.